The SMILES string of the molecule is Nn1cnnc1SCC(=O)c1ccc([N+](=O)[O-])cc1. The number of nitro benzene ring substituents is 1. The molecule has 0 bridgehead atoms. The molecule has 0 aliphatic rings. The topological polar surface area (TPSA) is 117 Å². The van der Waals surface area contributed by atoms with E-state index in [1.54, 1.807) is 0 Å². The fourth-order valence-corrected chi connectivity index (χ4v) is 2.05. The molecule has 0 saturated carbocycles. The van der Waals surface area contributed by atoms with Gasteiger partial charge in [0, 0.05) is 17.7 Å². The van der Waals surface area contributed by atoms with Gasteiger partial charge in [0.25, 0.3) is 5.69 Å². The van der Waals surface area contributed by atoms with E-state index in [1.165, 1.54) is 35.3 Å². The van der Waals surface area contributed by atoms with Gasteiger partial charge in [-0.05, 0) is 12.1 Å². The number of Topliss-reactive ketones (excluding diaryl/α,β-unsaturated/α-hetero) is 1. The van der Waals surface area contributed by atoms with Crippen molar-refractivity contribution in [1.82, 2.24) is 14.9 Å². The number of carbonyl (C=O) groups excluding carboxylic acids is 1. The van der Waals surface area contributed by atoms with E-state index in [4.69, 9.17) is 5.84 Å². The lowest BCUT2D eigenvalue weighted by Crippen LogP contribution is -2.09. The van der Waals surface area contributed by atoms with Crippen LogP contribution in [0.2, 0.25) is 0 Å². The number of carbonyl (C=O) groups is 1. The number of nitrogens with zero attached hydrogens (tertiary/aromatic N) is 4. The molecule has 2 aromatic rings. The van der Waals surface area contributed by atoms with Gasteiger partial charge in [-0.15, -0.1) is 10.2 Å². The second-order valence-electron chi connectivity index (χ2n) is 3.54. The summed E-state index contributed by atoms with van der Waals surface area (Å²) in [4.78, 5) is 21.8. The van der Waals surface area contributed by atoms with E-state index >= 15 is 0 Å². The lowest BCUT2D eigenvalue weighted by Gasteiger charge is -2.00. The first-order valence-electron chi connectivity index (χ1n) is 5.13. The minimum atomic E-state index is -0.514. The van der Waals surface area contributed by atoms with Gasteiger partial charge < -0.3 is 5.84 Å². The van der Waals surface area contributed by atoms with Crippen molar-refractivity contribution < 1.29 is 9.72 Å². The number of nitrogen functional groups attached to an aromatic ring is 1. The van der Waals surface area contributed by atoms with E-state index in [-0.39, 0.29) is 17.2 Å². The zero-order chi connectivity index (χ0) is 13.8. The molecular formula is C10H9N5O3S. The number of benzene rings is 1. The first kappa shape index (κ1) is 13.0. The van der Waals surface area contributed by atoms with Crippen molar-refractivity contribution >= 4 is 23.2 Å². The molecule has 1 heterocycles. The van der Waals surface area contributed by atoms with Crippen LogP contribution in [-0.4, -0.2) is 31.3 Å². The van der Waals surface area contributed by atoms with Gasteiger partial charge >= 0.3 is 0 Å². The molecule has 0 saturated heterocycles. The van der Waals surface area contributed by atoms with Crippen LogP contribution >= 0.6 is 11.8 Å². The summed E-state index contributed by atoms with van der Waals surface area (Å²) in [6, 6.07) is 5.44. The molecule has 0 amide bonds. The average Bonchev–Trinajstić information content (AvgIpc) is 2.81. The number of hydrogen-bond acceptors (Lipinski definition) is 7. The smallest absolute Gasteiger partial charge is 0.269 e. The predicted molar refractivity (Wildman–Crippen MR) is 68.3 cm³/mol. The Morgan fingerprint density at radius 1 is 1.42 bits per heavy atom. The van der Waals surface area contributed by atoms with E-state index in [9.17, 15) is 14.9 Å². The lowest BCUT2D eigenvalue weighted by atomic mass is 10.1. The van der Waals surface area contributed by atoms with Crippen LogP contribution in [0.25, 0.3) is 0 Å². The van der Waals surface area contributed by atoms with Gasteiger partial charge in [-0.1, -0.05) is 11.8 Å². The van der Waals surface area contributed by atoms with Crippen LogP contribution in [0.15, 0.2) is 35.7 Å². The molecule has 0 fully saturated rings. The Labute approximate surface area is 111 Å². The Bertz CT molecular complexity index is 610. The van der Waals surface area contributed by atoms with E-state index < -0.39 is 4.92 Å². The standard InChI is InChI=1S/C10H9N5O3S/c11-14-6-12-13-10(14)19-5-9(16)7-1-3-8(4-2-7)15(17)18/h1-4,6H,5,11H2. The van der Waals surface area contributed by atoms with E-state index in [2.05, 4.69) is 10.2 Å². The second-order valence-corrected chi connectivity index (χ2v) is 4.48. The number of hydrogen-bond donors (Lipinski definition) is 1. The van der Waals surface area contributed by atoms with Crippen molar-refractivity contribution in [3.63, 3.8) is 0 Å². The first-order valence-corrected chi connectivity index (χ1v) is 6.12. The van der Waals surface area contributed by atoms with Crippen molar-refractivity contribution in [2.75, 3.05) is 11.6 Å². The van der Waals surface area contributed by atoms with Crippen LogP contribution in [0.3, 0.4) is 0 Å². The van der Waals surface area contributed by atoms with E-state index in [0.717, 1.165) is 11.8 Å². The normalized spacial score (nSPS) is 10.3. The maximum atomic E-state index is 11.8. The molecule has 1 aromatic carbocycles. The molecule has 0 aliphatic carbocycles. The molecule has 1 aromatic heterocycles. The van der Waals surface area contributed by atoms with Gasteiger partial charge in [-0.25, -0.2) is 4.68 Å². The number of non-ortho nitro benzene ring substituents is 1. The molecule has 2 rings (SSSR count). The molecule has 0 unspecified atom stereocenters. The second kappa shape index (κ2) is 5.48. The third-order valence-corrected chi connectivity index (χ3v) is 3.23. The van der Waals surface area contributed by atoms with Crippen molar-refractivity contribution in [1.29, 1.82) is 0 Å². The number of nitrogens with two attached hydrogens (primary N) is 1. The third kappa shape index (κ3) is 3.07. The first-order chi connectivity index (χ1) is 9.08. The van der Waals surface area contributed by atoms with Gasteiger partial charge in [-0.3, -0.25) is 14.9 Å². The maximum Gasteiger partial charge on any atom is 0.269 e. The van der Waals surface area contributed by atoms with Crippen LogP contribution in [0.4, 0.5) is 5.69 Å². The Hall–Kier alpha value is -2.42. The fraction of sp³-hybridized carbons (Fsp3) is 0.100. The summed E-state index contributed by atoms with van der Waals surface area (Å²) in [6.45, 7) is 0. The molecule has 0 radical (unpaired) electrons. The van der Waals surface area contributed by atoms with Crippen LogP contribution < -0.4 is 5.84 Å². The van der Waals surface area contributed by atoms with Crippen molar-refractivity contribution in [2.24, 2.45) is 0 Å². The van der Waals surface area contributed by atoms with E-state index in [0.29, 0.717) is 10.7 Å². The minimum Gasteiger partial charge on any atom is -0.336 e. The number of rotatable bonds is 5. The lowest BCUT2D eigenvalue weighted by molar-refractivity contribution is -0.384. The number of thioether (sulfide) groups is 1. The third-order valence-electron chi connectivity index (χ3n) is 2.27. The average molecular weight is 279 g/mol. The number of ketones is 1. The Balaban J connectivity index is 2.00. The van der Waals surface area contributed by atoms with Crippen LogP contribution in [0.5, 0.6) is 0 Å². The van der Waals surface area contributed by atoms with Gasteiger partial charge in [-0.2, -0.15) is 0 Å². The summed E-state index contributed by atoms with van der Waals surface area (Å²) in [6.07, 6.45) is 1.33. The highest BCUT2D eigenvalue weighted by Crippen LogP contribution is 2.17. The maximum absolute atomic E-state index is 11.8. The van der Waals surface area contributed by atoms with Crippen LogP contribution in [0, 0.1) is 10.1 Å². The van der Waals surface area contributed by atoms with Crippen molar-refractivity contribution in [3.8, 4) is 0 Å². The molecule has 9 heteroatoms. The number of nitro groups is 1. The molecular weight excluding hydrogens is 270 g/mol. The molecule has 2 N–H and O–H groups in total. The van der Waals surface area contributed by atoms with Gasteiger partial charge in [0.15, 0.2) is 5.78 Å². The summed E-state index contributed by atoms with van der Waals surface area (Å²) in [5.41, 5.74) is 0.354. The molecule has 8 nitrogen and oxygen atoms in total. The molecule has 0 spiro atoms. The zero-order valence-corrected chi connectivity index (χ0v) is 10.4. The zero-order valence-electron chi connectivity index (χ0n) is 9.59. The summed E-state index contributed by atoms with van der Waals surface area (Å²) in [7, 11) is 0. The van der Waals surface area contributed by atoms with Gasteiger partial charge in [0.05, 0.1) is 10.7 Å². The molecule has 98 valence electrons. The van der Waals surface area contributed by atoms with Gasteiger partial charge in [0.1, 0.15) is 6.33 Å². The van der Waals surface area contributed by atoms with Crippen molar-refractivity contribution in [3.05, 3.63) is 46.3 Å². The Kier molecular flexibility index (Phi) is 3.76. The predicted octanol–water partition coefficient (Wildman–Crippen LogP) is 0.875. The minimum absolute atomic E-state index is 0.0501. The molecule has 19 heavy (non-hydrogen) atoms. The van der Waals surface area contributed by atoms with E-state index in [1.807, 2.05) is 0 Å². The highest BCUT2D eigenvalue weighted by atomic mass is 32.2. The van der Waals surface area contributed by atoms with Crippen molar-refractivity contribution in [2.45, 2.75) is 5.16 Å². The fourth-order valence-electron chi connectivity index (χ4n) is 1.32. The van der Waals surface area contributed by atoms with Gasteiger partial charge in [0.2, 0.25) is 5.16 Å². The summed E-state index contributed by atoms with van der Waals surface area (Å²) in [5, 5.41) is 18.2. The molecule has 0 atom stereocenters. The number of aromatic nitrogens is 3. The highest BCUT2D eigenvalue weighted by Gasteiger charge is 2.11. The summed E-state index contributed by atoms with van der Waals surface area (Å²) in [5.74, 6) is 5.47. The van der Waals surface area contributed by atoms with Crippen LogP contribution in [0.1, 0.15) is 10.4 Å². The molecule has 0 aliphatic heterocycles. The Morgan fingerprint density at radius 2 is 2.11 bits per heavy atom. The monoisotopic (exact) mass is 279 g/mol. The summed E-state index contributed by atoms with van der Waals surface area (Å²) >= 11 is 1.15. The highest BCUT2D eigenvalue weighted by molar-refractivity contribution is 7.99. The summed E-state index contributed by atoms with van der Waals surface area (Å²) < 4.78 is 1.22. The van der Waals surface area contributed by atoms with Crippen LogP contribution in [-0.2, 0) is 0 Å². The quantitative estimate of drug-likeness (QED) is 0.284. The Morgan fingerprint density at radius 3 is 2.63 bits per heavy atom. The largest absolute Gasteiger partial charge is 0.336 e.